The number of rotatable bonds is 5. The molecule has 0 aromatic heterocycles. The standard InChI is InChI=1S/C12H17NO4/c1-7-10(16-2)4-8(5-11(7)17-3)9(13)6-12(14)15/h4-5,9H,6,13H2,1-3H3,(H,14,15). The Morgan fingerprint density at radius 2 is 1.82 bits per heavy atom. The zero-order chi connectivity index (χ0) is 13.0. The molecule has 0 spiro atoms. The Kier molecular flexibility index (Phi) is 4.34. The molecule has 1 rings (SSSR count). The SMILES string of the molecule is COc1cc(C(N)CC(=O)O)cc(OC)c1C. The predicted molar refractivity (Wildman–Crippen MR) is 63.5 cm³/mol. The lowest BCUT2D eigenvalue weighted by molar-refractivity contribution is -0.137. The van der Waals surface area contributed by atoms with Gasteiger partial charge in [-0.1, -0.05) is 0 Å². The van der Waals surface area contributed by atoms with Crippen molar-refractivity contribution in [3.05, 3.63) is 23.3 Å². The molecule has 1 aromatic carbocycles. The Labute approximate surface area is 100 Å². The van der Waals surface area contributed by atoms with Crippen LogP contribution in [0.3, 0.4) is 0 Å². The van der Waals surface area contributed by atoms with Gasteiger partial charge in [0.15, 0.2) is 0 Å². The van der Waals surface area contributed by atoms with E-state index < -0.39 is 12.0 Å². The Hall–Kier alpha value is -1.75. The molecule has 0 saturated carbocycles. The van der Waals surface area contributed by atoms with Gasteiger partial charge in [0.2, 0.25) is 0 Å². The van der Waals surface area contributed by atoms with Gasteiger partial charge in [-0.2, -0.15) is 0 Å². The fraction of sp³-hybridized carbons (Fsp3) is 0.417. The second kappa shape index (κ2) is 5.54. The topological polar surface area (TPSA) is 81.8 Å². The summed E-state index contributed by atoms with van der Waals surface area (Å²) in [6.07, 6.45) is -0.130. The number of aliphatic carboxylic acids is 1. The van der Waals surface area contributed by atoms with Crippen LogP contribution in [0.25, 0.3) is 0 Å². The van der Waals surface area contributed by atoms with Crippen molar-refractivity contribution >= 4 is 5.97 Å². The van der Waals surface area contributed by atoms with Gasteiger partial charge in [0.05, 0.1) is 20.6 Å². The summed E-state index contributed by atoms with van der Waals surface area (Å²) in [4.78, 5) is 10.6. The second-order valence-electron chi connectivity index (χ2n) is 3.75. The molecule has 0 aliphatic carbocycles. The number of ether oxygens (including phenoxy) is 2. The molecule has 5 nitrogen and oxygen atoms in total. The van der Waals surface area contributed by atoms with Crippen LogP contribution in [0.5, 0.6) is 11.5 Å². The van der Waals surface area contributed by atoms with Gasteiger partial charge in [-0.3, -0.25) is 4.79 Å². The summed E-state index contributed by atoms with van der Waals surface area (Å²) < 4.78 is 10.4. The lowest BCUT2D eigenvalue weighted by Crippen LogP contribution is -2.15. The molecule has 5 heteroatoms. The smallest absolute Gasteiger partial charge is 0.305 e. The van der Waals surface area contributed by atoms with Crippen LogP contribution in [0.4, 0.5) is 0 Å². The van der Waals surface area contributed by atoms with Gasteiger partial charge in [-0.05, 0) is 24.6 Å². The molecular weight excluding hydrogens is 222 g/mol. The van der Waals surface area contributed by atoms with Crippen molar-refractivity contribution in [1.82, 2.24) is 0 Å². The maximum absolute atomic E-state index is 10.6. The van der Waals surface area contributed by atoms with Gasteiger partial charge in [0.1, 0.15) is 11.5 Å². The third-order valence-electron chi connectivity index (χ3n) is 2.60. The van der Waals surface area contributed by atoms with Crippen LogP contribution >= 0.6 is 0 Å². The number of carbonyl (C=O) groups is 1. The van der Waals surface area contributed by atoms with Crippen LogP contribution in [-0.4, -0.2) is 25.3 Å². The number of carboxylic acids is 1. The van der Waals surface area contributed by atoms with Gasteiger partial charge in [0.25, 0.3) is 0 Å². The first-order chi connectivity index (χ1) is 7.99. The monoisotopic (exact) mass is 239 g/mol. The van der Waals surface area contributed by atoms with Crippen LogP contribution in [0.2, 0.25) is 0 Å². The molecular formula is C12H17NO4. The molecule has 0 aliphatic heterocycles. The minimum Gasteiger partial charge on any atom is -0.496 e. The van der Waals surface area contributed by atoms with E-state index in [0.717, 1.165) is 5.56 Å². The highest BCUT2D eigenvalue weighted by molar-refractivity contribution is 5.68. The van der Waals surface area contributed by atoms with Crippen molar-refractivity contribution in [1.29, 1.82) is 0 Å². The molecule has 0 radical (unpaired) electrons. The molecule has 0 saturated heterocycles. The summed E-state index contributed by atoms with van der Waals surface area (Å²) in [6.45, 7) is 1.87. The minimum atomic E-state index is -0.934. The molecule has 1 unspecified atom stereocenters. The molecule has 3 N–H and O–H groups in total. The second-order valence-corrected chi connectivity index (χ2v) is 3.75. The average molecular weight is 239 g/mol. The highest BCUT2D eigenvalue weighted by atomic mass is 16.5. The number of benzene rings is 1. The van der Waals surface area contributed by atoms with Crippen LogP contribution in [0, 0.1) is 6.92 Å². The van der Waals surface area contributed by atoms with Crippen molar-refractivity contribution < 1.29 is 19.4 Å². The molecule has 0 aliphatic rings. The number of methoxy groups -OCH3 is 2. The van der Waals surface area contributed by atoms with Gasteiger partial charge in [0, 0.05) is 11.6 Å². The van der Waals surface area contributed by atoms with Crippen molar-refractivity contribution in [2.75, 3.05) is 14.2 Å². The lowest BCUT2D eigenvalue weighted by atomic mass is 10.0. The highest BCUT2D eigenvalue weighted by Gasteiger charge is 2.15. The summed E-state index contributed by atoms with van der Waals surface area (Å²) in [5, 5.41) is 8.71. The number of hydrogen-bond donors (Lipinski definition) is 2. The van der Waals surface area contributed by atoms with Crippen LogP contribution in [0.15, 0.2) is 12.1 Å². The van der Waals surface area contributed by atoms with E-state index in [1.165, 1.54) is 0 Å². The van der Waals surface area contributed by atoms with Crippen molar-refractivity contribution in [3.8, 4) is 11.5 Å². The molecule has 17 heavy (non-hydrogen) atoms. The zero-order valence-corrected chi connectivity index (χ0v) is 10.2. The summed E-state index contributed by atoms with van der Waals surface area (Å²) in [7, 11) is 3.10. The molecule has 0 amide bonds. The van der Waals surface area contributed by atoms with E-state index in [2.05, 4.69) is 0 Å². The van der Waals surface area contributed by atoms with E-state index in [1.807, 2.05) is 6.92 Å². The van der Waals surface area contributed by atoms with E-state index in [9.17, 15) is 4.79 Å². The molecule has 0 bridgehead atoms. The van der Waals surface area contributed by atoms with Crippen molar-refractivity contribution in [3.63, 3.8) is 0 Å². The summed E-state index contributed by atoms with van der Waals surface area (Å²) in [5.74, 6) is 0.344. The Balaban J connectivity index is 3.12. The fourth-order valence-corrected chi connectivity index (χ4v) is 1.63. The van der Waals surface area contributed by atoms with Crippen LogP contribution in [-0.2, 0) is 4.79 Å². The third kappa shape index (κ3) is 3.10. The molecule has 94 valence electrons. The van der Waals surface area contributed by atoms with E-state index in [0.29, 0.717) is 17.1 Å². The number of nitrogens with two attached hydrogens (primary N) is 1. The Morgan fingerprint density at radius 3 is 2.18 bits per heavy atom. The van der Waals surface area contributed by atoms with Crippen molar-refractivity contribution in [2.45, 2.75) is 19.4 Å². The van der Waals surface area contributed by atoms with Gasteiger partial charge in [-0.15, -0.1) is 0 Å². The largest absolute Gasteiger partial charge is 0.496 e. The van der Waals surface area contributed by atoms with Crippen LogP contribution in [0.1, 0.15) is 23.6 Å². The van der Waals surface area contributed by atoms with E-state index in [1.54, 1.807) is 26.4 Å². The first kappa shape index (κ1) is 13.3. The molecule has 1 aromatic rings. The molecule has 1 atom stereocenters. The molecule has 0 fully saturated rings. The normalized spacial score (nSPS) is 12.0. The number of carboxylic acid groups (broad SMARTS) is 1. The van der Waals surface area contributed by atoms with Gasteiger partial charge in [-0.25, -0.2) is 0 Å². The fourth-order valence-electron chi connectivity index (χ4n) is 1.63. The van der Waals surface area contributed by atoms with Crippen molar-refractivity contribution in [2.24, 2.45) is 5.73 Å². The van der Waals surface area contributed by atoms with E-state index in [4.69, 9.17) is 20.3 Å². The van der Waals surface area contributed by atoms with Crippen LogP contribution < -0.4 is 15.2 Å². The zero-order valence-electron chi connectivity index (χ0n) is 10.2. The quantitative estimate of drug-likeness (QED) is 0.813. The molecule has 0 heterocycles. The van der Waals surface area contributed by atoms with Gasteiger partial charge >= 0.3 is 5.97 Å². The lowest BCUT2D eigenvalue weighted by Gasteiger charge is -2.15. The van der Waals surface area contributed by atoms with E-state index in [-0.39, 0.29) is 6.42 Å². The van der Waals surface area contributed by atoms with Gasteiger partial charge < -0.3 is 20.3 Å². The Morgan fingerprint density at radius 1 is 1.35 bits per heavy atom. The van der Waals surface area contributed by atoms with E-state index >= 15 is 0 Å². The maximum atomic E-state index is 10.6. The first-order valence-corrected chi connectivity index (χ1v) is 5.19. The first-order valence-electron chi connectivity index (χ1n) is 5.19. The predicted octanol–water partition coefficient (Wildman–Crippen LogP) is 1.49. The third-order valence-corrected chi connectivity index (χ3v) is 2.60. The summed E-state index contributed by atoms with van der Waals surface area (Å²) in [6, 6.07) is 2.91. The highest BCUT2D eigenvalue weighted by Crippen LogP contribution is 2.32. The maximum Gasteiger partial charge on any atom is 0.305 e. The minimum absolute atomic E-state index is 0.130. The average Bonchev–Trinajstić information content (AvgIpc) is 2.28. The summed E-state index contributed by atoms with van der Waals surface area (Å²) >= 11 is 0. The summed E-state index contributed by atoms with van der Waals surface area (Å²) in [5.41, 5.74) is 7.35. The number of hydrogen-bond acceptors (Lipinski definition) is 4. The Bertz CT molecular complexity index is 392.